The highest BCUT2D eigenvalue weighted by Gasteiger charge is 2.27. The van der Waals surface area contributed by atoms with E-state index >= 15 is 0 Å². The Hall–Kier alpha value is -0.870. The lowest BCUT2D eigenvalue weighted by Gasteiger charge is -2.33. The number of nitrogens with zero attached hydrogens (tertiary/aromatic N) is 1. The number of halogens is 2. The average Bonchev–Trinajstić information content (AvgIpc) is 2.53. The van der Waals surface area contributed by atoms with Crippen molar-refractivity contribution in [2.45, 2.75) is 19.4 Å². The lowest BCUT2D eigenvalue weighted by Crippen LogP contribution is -2.31. The second kappa shape index (κ2) is 7.35. The van der Waals surface area contributed by atoms with Crippen LogP contribution in [0.3, 0.4) is 0 Å². The first-order valence-corrected chi connectivity index (χ1v) is 9.46. The second-order valence-electron chi connectivity index (χ2n) is 5.87. The molecule has 122 valence electrons. The number of likely N-dealkylation sites (N-methyl/N-ethyl adjacent to an activating group) is 1. The zero-order valence-electron chi connectivity index (χ0n) is 13.3. The van der Waals surface area contributed by atoms with Crippen molar-refractivity contribution in [1.29, 1.82) is 0 Å². The van der Waals surface area contributed by atoms with Crippen molar-refractivity contribution in [3.05, 3.63) is 63.1 Å². The minimum Gasteiger partial charge on any atom is -0.330 e. The van der Waals surface area contributed by atoms with Crippen LogP contribution in [0.15, 0.2) is 36.4 Å². The second-order valence-corrected chi connectivity index (χ2v) is 7.78. The molecule has 1 atom stereocenters. The molecule has 0 aromatic heterocycles. The highest BCUT2D eigenvalue weighted by molar-refractivity contribution is 8.00. The first kappa shape index (κ1) is 17.0. The van der Waals surface area contributed by atoms with E-state index < -0.39 is 0 Å². The zero-order chi connectivity index (χ0) is 16.4. The quantitative estimate of drug-likeness (QED) is 0.703. The molecule has 3 rings (SSSR count). The molecule has 0 saturated heterocycles. The molecule has 0 bridgehead atoms. The van der Waals surface area contributed by atoms with E-state index in [9.17, 15) is 0 Å². The van der Waals surface area contributed by atoms with Crippen LogP contribution in [0.25, 0.3) is 0 Å². The molecule has 0 fully saturated rings. The lowest BCUT2D eigenvalue weighted by atomic mass is 9.84. The predicted molar refractivity (Wildman–Crippen MR) is 103 cm³/mol. The minimum atomic E-state index is 0.285. The fraction of sp³-hybridized carbons (Fsp3) is 0.333. The molecule has 0 amide bonds. The standard InChI is InChI=1S/C18H20Cl2N2S/c1-3-23-21-14-6-4-5-12(7-14)16-10-22(2)11-17-15(16)8-13(19)9-18(17)20/h4-9,16,21H,3,10-11H2,1-2H3. The number of anilines is 1. The van der Waals surface area contributed by atoms with Gasteiger partial charge in [0.25, 0.3) is 0 Å². The Morgan fingerprint density at radius 3 is 2.87 bits per heavy atom. The monoisotopic (exact) mass is 366 g/mol. The highest BCUT2D eigenvalue weighted by atomic mass is 35.5. The first-order chi connectivity index (χ1) is 11.1. The van der Waals surface area contributed by atoms with E-state index in [-0.39, 0.29) is 5.92 Å². The van der Waals surface area contributed by atoms with Gasteiger partial charge < -0.3 is 9.62 Å². The Kier molecular flexibility index (Phi) is 5.42. The molecule has 5 heteroatoms. The topological polar surface area (TPSA) is 15.3 Å². The van der Waals surface area contributed by atoms with Crippen molar-refractivity contribution in [1.82, 2.24) is 4.90 Å². The Balaban J connectivity index is 2.01. The molecule has 0 radical (unpaired) electrons. The summed E-state index contributed by atoms with van der Waals surface area (Å²) in [5, 5.41) is 1.47. The lowest BCUT2D eigenvalue weighted by molar-refractivity contribution is 0.295. The Bertz CT molecular complexity index is 705. The number of benzene rings is 2. The van der Waals surface area contributed by atoms with Crippen LogP contribution in [0.2, 0.25) is 10.0 Å². The van der Waals surface area contributed by atoms with Gasteiger partial charge in [0.15, 0.2) is 0 Å². The molecule has 1 unspecified atom stereocenters. The van der Waals surface area contributed by atoms with Gasteiger partial charge in [0, 0.05) is 40.5 Å². The van der Waals surface area contributed by atoms with Crippen LogP contribution in [-0.2, 0) is 6.54 Å². The Morgan fingerprint density at radius 2 is 2.09 bits per heavy atom. The van der Waals surface area contributed by atoms with Gasteiger partial charge in [-0.25, -0.2) is 0 Å². The van der Waals surface area contributed by atoms with Gasteiger partial charge in [-0.3, -0.25) is 0 Å². The normalized spacial score (nSPS) is 17.8. The molecule has 1 aliphatic rings. The Morgan fingerprint density at radius 1 is 1.26 bits per heavy atom. The van der Waals surface area contributed by atoms with Crippen LogP contribution in [-0.4, -0.2) is 24.2 Å². The van der Waals surface area contributed by atoms with Crippen LogP contribution >= 0.6 is 35.1 Å². The molecular weight excluding hydrogens is 347 g/mol. The summed E-state index contributed by atoms with van der Waals surface area (Å²) in [5.41, 5.74) is 4.87. The van der Waals surface area contributed by atoms with E-state index in [1.54, 1.807) is 11.9 Å². The van der Waals surface area contributed by atoms with Gasteiger partial charge in [-0.05, 0) is 48.0 Å². The van der Waals surface area contributed by atoms with E-state index in [1.807, 2.05) is 6.07 Å². The first-order valence-electron chi connectivity index (χ1n) is 7.72. The molecule has 0 saturated carbocycles. The fourth-order valence-electron chi connectivity index (χ4n) is 3.10. The summed E-state index contributed by atoms with van der Waals surface area (Å²) in [6.07, 6.45) is 0. The molecule has 2 aromatic carbocycles. The maximum Gasteiger partial charge on any atom is 0.0468 e. The minimum absolute atomic E-state index is 0.285. The van der Waals surface area contributed by atoms with E-state index in [0.717, 1.165) is 29.6 Å². The van der Waals surface area contributed by atoms with Crippen LogP contribution < -0.4 is 4.72 Å². The fourth-order valence-corrected chi connectivity index (χ4v) is 4.11. The average molecular weight is 367 g/mol. The van der Waals surface area contributed by atoms with Crippen molar-refractivity contribution in [3.63, 3.8) is 0 Å². The molecule has 1 heterocycles. The maximum absolute atomic E-state index is 6.44. The van der Waals surface area contributed by atoms with Crippen molar-refractivity contribution < 1.29 is 0 Å². The van der Waals surface area contributed by atoms with Crippen LogP contribution in [0.5, 0.6) is 0 Å². The highest BCUT2D eigenvalue weighted by Crippen LogP contribution is 2.38. The van der Waals surface area contributed by atoms with Gasteiger partial charge in [-0.2, -0.15) is 0 Å². The molecule has 2 nitrogen and oxygen atoms in total. The summed E-state index contributed by atoms with van der Waals surface area (Å²) >= 11 is 14.4. The number of nitrogens with one attached hydrogen (secondary N) is 1. The van der Waals surface area contributed by atoms with Gasteiger partial charge in [-0.1, -0.05) is 54.2 Å². The summed E-state index contributed by atoms with van der Waals surface area (Å²) in [6, 6.07) is 12.5. The molecule has 1 aliphatic heterocycles. The van der Waals surface area contributed by atoms with Crippen LogP contribution in [0.4, 0.5) is 5.69 Å². The summed E-state index contributed by atoms with van der Waals surface area (Å²) in [6.45, 7) is 3.97. The summed E-state index contributed by atoms with van der Waals surface area (Å²) in [4.78, 5) is 2.31. The van der Waals surface area contributed by atoms with Gasteiger partial charge in [0.05, 0.1) is 0 Å². The van der Waals surface area contributed by atoms with Gasteiger partial charge in [-0.15, -0.1) is 0 Å². The number of hydrogen-bond acceptors (Lipinski definition) is 3. The van der Waals surface area contributed by atoms with Crippen LogP contribution in [0.1, 0.15) is 29.5 Å². The predicted octanol–water partition coefficient (Wildman–Crippen LogP) is 5.65. The molecule has 2 aromatic rings. The molecule has 1 N–H and O–H groups in total. The third-order valence-corrected chi connectivity index (χ3v) is 5.34. The number of hydrogen-bond donors (Lipinski definition) is 1. The third kappa shape index (κ3) is 3.80. The zero-order valence-corrected chi connectivity index (χ0v) is 15.6. The SMILES string of the molecule is CCSNc1cccc(C2CN(C)Cc3c(Cl)cc(Cl)cc32)c1. The molecule has 0 spiro atoms. The van der Waals surface area contributed by atoms with Crippen molar-refractivity contribution in [2.75, 3.05) is 24.1 Å². The van der Waals surface area contributed by atoms with E-state index in [1.165, 1.54) is 16.7 Å². The molecular formula is C18H20Cl2N2S. The van der Waals surface area contributed by atoms with Gasteiger partial charge in [0.1, 0.15) is 0 Å². The van der Waals surface area contributed by atoms with Gasteiger partial charge >= 0.3 is 0 Å². The van der Waals surface area contributed by atoms with Crippen molar-refractivity contribution >= 4 is 40.8 Å². The van der Waals surface area contributed by atoms with E-state index in [0.29, 0.717) is 5.02 Å². The summed E-state index contributed by atoms with van der Waals surface area (Å²) in [5.74, 6) is 1.32. The summed E-state index contributed by atoms with van der Waals surface area (Å²) < 4.78 is 3.38. The molecule has 23 heavy (non-hydrogen) atoms. The van der Waals surface area contributed by atoms with E-state index in [4.69, 9.17) is 23.2 Å². The molecule has 0 aliphatic carbocycles. The summed E-state index contributed by atoms with van der Waals surface area (Å²) in [7, 11) is 2.13. The Labute approximate surface area is 152 Å². The van der Waals surface area contributed by atoms with Crippen LogP contribution in [0, 0.1) is 0 Å². The van der Waals surface area contributed by atoms with Crippen molar-refractivity contribution in [3.8, 4) is 0 Å². The largest absolute Gasteiger partial charge is 0.330 e. The number of fused-ring (bicyclic) bond motifs is 1. The smallest absolute Gasteiger partial charge is 0.0468 e. The number of rotatable bonds is 4. The van der Waals surface area contributed by atoms with Crippen molar-refractivity contribution in [2.24, 2.45) is 0 Å². The van der Waals surface area contributed by atoms with E-state index in [2.05, 4.69) is 53.9 Å². The maximum atomic E-state index is 6.44. The third-order valence-electron chi connectivity index (χ3n) is 4.12. The van der Waals surface area contributed by atoms with Gasteiger partial charge in [0.2, 0.25) is 0 Å².